The van der Waals surface area contributed by atoms with E-state index in [0.29, 0.717) is 29.3 Å². The van der Waals surface area contributed by atoms with Crippen molar-refractivity contribution in [3.8, 4) is 0 Å². The number of rotatable bonds is 4. The van der Waals surface area contributed by atoms with Gasteiger partial charge in [0.2, 0.25) is 0 Å². The standard InChI is InChI=1S/C19H18BN3O4/c24-18(21-14-4-5-15-13(7-14)10-27-20(15)26)12-3-6-17-16(8-12)22-19(25)23(17)9-11-1-2-11/h3-8,11,26H,1-2,9-10H2,(H,21,24)(H,22,25). The van der Waals surface area contributed by atoms with Crippen LogP contribution < -0.4 is 16.5 Å². The zero-order chi connectivity index (χ0) is 18.5. The number of H-pyrrole nitrogens is 1. The first kappa shape index (κ1) is 16.3. The average Bonchev–Trinajstić information content (AvgIpc) is 3.33. The molecule has 27 heavy (non-hydrogen) atoms. The highest BCUT2D eigenvalue weighted by atomic mass is 16.5. The number of nitrogens with one attached hydrogen (secondary N) is 2. The van der Waals surface area contributed by atoms with E-state index in [0.717, 1.165) is 23.1 Å². The molecule has 1 aliphatic heterocycles. The van der Waals surface area contributed by atoms with Crippen LogP contribution in [0, 0.1) is 5.92 Å². The Hall–Kier alpha value is -2.84. The minimum atomic E-state index is -0.899. The number of hydrogen-bond acceptors (Lipinski definition) is 4. The SMILES string of the molecule is O=C(Nc1ccc2c(c1)COB2O)c1ccc2c(c1)[nH]c(=O)n2CC1CC1. The quantitative estimate of drug-likeness (QED) is 0.607. The number of carbonyl (C=O) groups excluding carboxylic acids is 1. The van der Waals surface area contributed by atoms with Crippen molar-refractivity contribution in [1.29, 1.82) is 0 Å². The number of hydrogen-bond donors (Lipinski definition) is 3. The van der Waals surface area contributed by atoms with Crippen LogP contribution in [0.2, 0.25) is 0 Å². The van der Waals surface area contributed by atoms with Crippen molar-refractivity contribution in [3.63, 3.8) is 0 Å². The van der Waals surface area contributed by atoms with E-state index in [9.17, 15) is 14.6 Å². The smallest absolute Gasteiger partial charge is 0.423 e. The van der Waals surface area contributed by atoms with Crippen LogP contribution in [-0.2, 0) is 17.8 Å². The van der Waals surface area contributed by atoms with E-state index in [1.165, 1.54) is 12.8 Å². The molecule has 1 aromatic heterocycles. The molecule has 0 atom stereocenters. The summed E-state index contributed by atoms with van der Waals surface area (Å²) in [7, 11) is -0.899. The zero-order valence-corrected chi connectivity index (χ0v) is 14.6. The molecular formula is C19H18BN3O4. The second-order valence-corrected chi connectivity index (χ2v) is 7.25. The number of benzene rings is 2. The predicted molar refractivity (Wildman–Crippen MR) is 102 cm³/mol. The summed E-state index contributed by atoms with van der Waals surface area (Å²) in [6, 6.07) is 10.5. The van der Waals surface area contributed by atoms with Crippen molar-refractivity contribution in [2.75, 3.05) is 5.32 Å². The fourth-order valence-corrected chi connectivity index (χ4v) is 3.56. The van der Waals surface area contributed by atoms with Gasteiger partial charge in [0.25, 0.3) is 5.91 Å². The molecule has 3 N–H and O–H groups in total. The largest absolute Gasteiger partial charge is 0.491 e. The van der Waals surface area contributed by atoms with Gasteiger partial charge in [0.05, 0.1) is 17.6 Å². The molecule has 0 bridgehead atoms. The van der Waals surface area contributed by atoms with Crippen molar-refractivity contribution >= 4 is 35.2 Å². The van der Waals surface area contributed by atoms with Gasteiger partial charge in [0.1, 0.15) is 0 Å². The number of aromatic amines is 1. The highest BCUT2D eigenvalue weighted by Crippen LogP contribution is 2.31. The van der Waals surface area contributed by atoms with E-state index >= 15 is 0 Å². The van der Waals surface area contributed by atoms with Crippen LogP contribution in [0.5, 0.6) is 0 Å². The van der Waals surface area contributed by atoms with E-state index in [-0.39, 0.29) is 11.6 Å². The summed E-state index contributed by atoms with van der Waals surface area (Å²) in [6.07, 6.45) is 2.34. The average molecular weight is 363 g/mol. The number of fused-ring (bicyclic) bond motifs is 2. The molecule has 1 amide bonds. The lowest BCUT2D eigenvalue weighted by molar-refractivity contribution is 0.102. The first-order valence-electron chi connectivity index (χ1n) is 9.05. The number of carbonyl (C=O) groups is 1. The Morgan fingerprint density at radius 3 is 2.96 bits per heavy atom. The molecule has 1 aliphatic carbocycles. The molecule has 5 rings (SSSR count). The highest BCUT2D eigenvalue weighted by Gasteiger charge is 2.27. The number of nitrogens with zero attached hydrogens (tertiary/aromatic N) is 1. The van der Waals surface area contributed by atoms with Crippen LogP contribution in [0.3, 0.4) is 0 Å². The molecule has 0 unspecified atom stereocenters. The number of anilines is 1. The maximum Gasteiger partial charge on any atom is 0.491 e. The Labute approximate surface area is 155 Å². The molecule has 7 nitrogen and oxygen atoms in total. The van der Waals surface area contributed by atoms with Crippen LogP contribution in [0.1, 0.15) is 28.8 Å². The molecule has 2 aromatic carbocycles. The van der Waals surface area contributed by atoms with Crippen molar-refractivity contribution in [2.45, 2.75) is 26.0 Å². The van der Waals surface area contributed by atoms with E-state index in [2.05, 4.69) is 10.3 Å². The van der Waals surface area contributed by atoms with Crippen LogP contribution in [-0.4, -0.2) is 27.6 Å². The molecule has 0 saturated heterocycles. The Bertz CT molecular complexity index is 1120. The summed E-state index contributed by atoms with van der Waals surface area (Å²) in [6.45, 7) is 1.05. The topological polar surface area (TPSA) is 96.3 Å². The fraction of sp³-hybridized carbons (Fsp3) is 0.263. The third-order valence-corrected chi connectivity index (χ3v) is 5.24. The van der Waals surface area contributed by atoms with Gasteiger partial charge >= 0.3 is 12.8 Å². The van der Waals surface area contributed by atoms with Gasteiger partial charge in [-0.25, -0.2) is 4.79 Å². The Balaban J connectivity index is 1.40. The summed E-state index contributed by atoms with van der Waals surface area (Å²) in [5, 5.41) is 12.5. The lowest BCUT2D eigenvalue weighted by atomic mass is 9.79. The fourth-order valence-electron chi connectivity index (χ4n) is 3.56. The summed E-state index contributed by atoms with van der Waals surface area (Å²) >= 11 is 0. The lowest BCUT2D eigenvalue weighted by Crippen LogP contribution is -2.27. The molecule has 2 heterocycles. The monoisotopic (exact) mass is 363 g/mol. The second-order valence-electron chi connectivity index (χ2n) is 7.25. The van der Waals surface area contributed by atoms with Gasteiger partial charge in [-0.1, -0.05) is 6.07 Å². The van der Waals surface area contributed by atoms with Crippen LogP contribution in [0.15, 0.2) is 41.2 Å². The van der Waals surface area contributed by atoms with E-state index in [1.54, 1.807) is 34.9 Å². The molecule has 0 radical (unpaired) electrons. The van der Waals surface area contributed by atoms with Gasteiger partial charge in [-0.05, 0) is 60.1 Å². The molecule has 1 saturated carbocycles. The molecule has 8 heteroatoms. The van der Waals surface area contributed by atoms with Gasteiger partial charge in [0.15, 0.2) is 0 Å². The highest BCUT2D eigenvalue weighted by molar-refractivity contribution is 6.61. The summed E-state index contributed by atoms with van der Waals surface area (Å²) in [4.78, 5) is 27.6. The first-order valence-corrected chi connectivity index (χ1v) is 9.05. The van der Waals surface area contributed by atoms with Crippen molar-refractivity contribution < 1.29 is 14.5 Å². The molecule has 136 valence electrons. The number of aromatic nitrogens is 2. The number of imidazole rings is 1. The normalized spacial score (nSPS) is 16.0. The van der Waals surface area contributed by atoms with Crippen LogP contribution in [0.4, 0.5) is 5.69 Å². The minimum Gasteiger partial charge on any atom is -0.423 e. The number of amides is 1. The van der Waals surface area contributed by atoms with Crippen molar-refractivity contribution in [1.82, 2.24) is 9.55 Å². The molecule has 2 aliphatic rings. The molecular weight excluding hydrogens is 345 g/mol. The van der Waals surface area contributed by atoms with E-state index < -0.39 is 7.12 Å². The zero-order valence-electron chi connectivity index (χ0n) is 14.6. The first-order chi connectivity index (χ1) is 13.1. The van der Waals surface area contributed by atoms with Gasteiger partial charge < -0.3 is 20.0 Å². The second kappa shape index (κ2) is 6.11. The van der Waals surface area contributed by atoms with Crippen molar-refractivity contribution in [3.05, 3.63) is 58.0 Å². The van der Waals surface area contributed by atoms with Gasteiger partial charge in [-0.3, -0.25) is 9.36 Å². The third kappa shape index (κ3) is 2.96. The van der Waals surface area contributed by atoms with E-state index in [1.807, 2.05) is 6.07 Å². The van der Waals surface area contributed by atoms with Gasteiger partial charge in [-0.2, -0.15) is 0 Å². The summed E-state index contributed by atoms with van der Waals surface area (Å²) < 4.78 is 6.92. The van der Waals surface area contributed by atoms with E-state index in [4.69, 9.17) is 4.65 Å². The Kier molecular flexibility index (Phi) is 3.70. The Morgan fingerprint density at radius 2 is 2.15 bits per heavy atom. The third-order valence-electron chi connectivity index (χ3n) is 5.24. The minimum absolute atomic E-state index is 0.133. The van der Waals surface area contributed by atoms with Gasteiger partial charge in [-0.15, -0.1) is 0 Å². The van der Waals surface area contributed by atoms with Gasteiger partial charge in [0, 0.05) is 17.8 Å². The maximum absolute atomic E-state index is 12.6. The molecule has 3 aromatic rings. The molecule has 0 spiro atoms. The maximum atomic E-state index is 12.6. The van der Waals surface area contributed by atoms with Crippen LogP contribution >= 0.6 is 0 Å². The van der Waals surface area contributed by atoms with Crippen LogP contribution in [0.25, 0.3) is 11.0 Å². The summed E-state index contributed by atoms with van der Waals surface area (Å²) in [5.41, 5.74) is 4.05. The lowest BCUT2D eigenvalue weighted by Gasteiger charge is -2.08. The predicted octanol–water partition coefficient (Wildman–Crippen LogP) is 1.21. The van der Waals surface area contributed by atoms with Crippen molar-refractivity contribution in [2.24, 2.45) is 5.92 Å². The molecule has 1 fully saturated rings. The Morgan fingerprint density at radius 1 is 1.30 bits per heavy atom. The summed E-state index contributed by atoms with van der Waals surface area (Å²) in [5.74, 6) is 0.332.